The van der Waals surface area contributed by atoms with Gasteiger partial charge in [-0.15, -0.1) is 0 Å². The summed E-state index contributed by atoms with van der Waals surface area (Å²) in [4.78, 5) is 16.3. The standard InChI is InChI=1S/C12H11N5S2/c1-18-11-16-9(13)6-10(17-11)19-12-14-7-4-2-3-5-8(7)15-12/h2-6H,1H3,(H,14,15)(H2,13,16,17). The zero-order valence-corrected chi connectivity index (χ0v) is 11.8. The first-order chi connectivity index (χ1) is 9.24. The Balaban J connectivity index is 1.94. The molecule has 3 rings (SSSR count). The van der Waals surface area contributed by atoms with Crippen LogP contribution in [0.25, 0.3) is 11.0 Å². The summed E-state index contributed by atoms with van der Waals surface area (Å²) in [7, 11) is 0. The van der Waals surface area contributed by atoms with Crippen molar-refractivity contribution in [2.75, 3.05) is 12.0 Å². The average Bonchev–Trinajstić information content (AvgIpc) is 2.80. The number of hydrogen-bond acceptors (Lipinski definition) is 6. The lowest BCUT2D eigenvalue weighted by molar-refractivity contribution is 0.898. The van der Waals surface area contributed by atoms with Gasteiger partial charge in [0.1, 0.15) is 10.8 Å². The Morgan fingerprint density at radius 2 is 2.00 bits per heavy atom. The molecule has 2 heterocycles. The van der Waals surface area contributed by atoms with Crippen molar-refractivity contribution in [2.24, 2.45) is 0 Å². The van der Waals surface area contributed by atoms with E-state index in [1.54, 1.807) is 6.07 Å². The van der Waals surface area contributed by atoms with Gasteiger partial charge in [0, 0.05) is 6.07 Å². The van der Waals surface area contributed by atoms with Gasteiger partial charge in [-0.2, -0.15) is 0 Å². The molecule has 0 spiro atoms. The van der Waals surface area contributed by atoms with Crippen LogP contribution in [0.4, 0.5) is 5.82 Å². The van der Waals surface area contributed by atoms with E-state index in [9.17, 15) is 0 Å². The number of nitrogens with one attached hydrogen (secondary N) is 1. The van der Waals surface area contributed by atoms with Gasteiger partial charge in [-0.05, 0) is 30.2 Å². The number of anilines is 1. The third-order valence-corrected chi connectivity index (χ3v) is 3.81. The highest BCUT2D eigenvalue weighted by Gasteiger charge is 2.07. The predicted octanol–water partition coefficient (Wildman–Crippen LogP) is 2.81. The van der Waals surface area contributed by atoms with Gasteiger partial charge in [0.2, 0.25) is 0 Å². The van der Waals surface area contributed by atoms with E-state index in [1.165, 1.54) is 23.5 Å². The molecule has 0 radical (unpaired) electrons. The normalized spacial score (nSPS) is 11.0. The van der Waals surface area contributed by atoms with E-state index in [1.807, 2.05) is 30.5 Å². The number of rotatable bonds is 3. The highest BCUT2D eigenvalue weighted by atomic mass is 32.2. The largest absolute Gasteiger partial charge is 0.384 e. The van der Waals surface area contributed by atoms with Gasteiger partial charge in [0.25, 0.3) is 0 Å². The number of imidazole rings is 1. The Kier molecular flexibility index (Phi) is 3.31. The van der Waals surface area contributed by atoms with Crippen LogP contribution < -0.4 is 5.73 Å². The van der Waals surface area contributed by atoms with E-state index in [0.717, 1.165) is 21.2 Å². The maximum absolute atomic E-state index is 5.76. The fraction of sp³-hybridized carbons (Fsp3) is 0.0833. The molecule has 0 amide bonds. The summed E-state index contributed by atoms with van der Waals surface area (Å²) in [6.07, 6.45) is 1.92. The van der Waals surface area contributed by atoms with Crippen LogP contribution in [0.1, 0.15) is 0 Å². The first-order valence-electron chi connectivity index (χ1n) is 5.56. The Morgan fingerprint density at radius 3 is 2.79 bits per heavy atom. The lowest BCUT2D eigenvalue weighted by atomic mass is 10.3. The monoisotopic (exact) mass is 289 g/mol. The molecule has 19 heavy (non-hydrogen) atoms. The van der Waals surface area contributed by atoms with Crippen LogP contribution in [-0.4, -0.2) is 26.2 Å². The zero-order chi connectivity index (χ0) is 13.2. The van der Waals surface area contributed by atoms with Gasteiger partial charge in [-0.3, -0.25) is 0 Å². The van der Waals surface area contributed by atoms with E-state index in [4.69, 9.17) is 5.73 Å². The van der Waals surface area contributed by atoms with Crippen molar-refractivity contribution < 1.29 is 0 Å². The Labute approximate surface area is 118 Å². The highest BCUT2D eigenvalue weighted by molar-refractivity contribution is 7.99. The quantitative estimate of drug-likeness (QED) is 0.438. The first-order valence-corrected chi connectivity index (χ1v) is 7.60. The number of fused-ring (bicyclic) bond motifs is 1. The van der Waals surface area contributed by atoms with E-state index in [0.29, 0.717) is 11.0 Å². The molecule has 0 atom stereocenters. The highest BCUT2D eigenvalue weighted by Crippen LogP contribution is 2.27. The molecule has 0 saturated heterocycles. The molecular formula is C12H11N5S2. The maximum atomic E-state index is 5.76. The molecular weight excluding hydrogens is 278 g/mol. The van der Waals surface area contributed by atoms with Crippen molar-refractivity contribution in [3.63, 3.8) is 0 Å². The van der Waals surface area contributed by atoms with Crippen LogP contribution in [0, 0.1) is 0 Å². The van der Waals surface area contributed by atoms with Crippen molar-refractivity contribution in [1.29, 1.82) is 0 Å². The zero-order valence-electron chi connectivity index (χ0n) is 10.1. The van der Waals surface area contributed by atoms with Gasteiger partial charge < -0.3 is 10.7 Å². The number of para-hydroxylation sites is 2. The molecule has 0 saturated carbocycles. The smallest absolute Gasteiger partial charge is 0.190 e. The van der Waals surface area contributed by atoms with E-state index >= 15 is 0 Å². The van der Waals surface area contributed by atoms with Gasteiger partial charge >= 0.3 is 0 Å². The number of benzene rings is 1. The molecule has 2 aromatic heterocycles. The average molecular weight is 289 g/mol. The summed E-state index contributed by atoms with van der Waals surface area (Å²) in [5, 5.41) is 2.25. The Bertz CT molecular complexity index is 692. The minimum absolute atomic E-state index is 0.470. The minimum Gasteiger partial charge on any atom is -0.384 e. The summed E-state index contributed by atoms with van der Waals surface area (Å²) in [5.74, 6) is 0.470. The molecule has 0 aliphatic carbocycles. The molecule has 0 unspecified atom stereocenters. The molecule has 3 aromatic rings. The lowest BCUT2D eigenvalue weighted by Crippen LogP contribution is -1.95. The van der Waals surface area contributed by atoms with Crippen molar-refractivity contribution >= 4 is 40.4 Å². The topological polar surface area (TPSA) is 80.5 Å². The second-order valence-electron chi connectivity index (χ2n) is 3.78. The molecule has 0 bridgehead atoms. The molecule has 96 valence electrons. The number of hydrogen-bond donors (Lipinski definition) is 2. The van der Waals surface area contributed by atoms with Crippen LogP contribution >= 0.6 is 23.5 Å². The van der Waals surface area contributed by atoms with Crippen LogP contribution in [0.2, 0.25) is 0 Å². The Morgan fingerprint density at radius 1 is 1.16 bits per heavy atom. The SMILES string of the molecule is CSc1nc(N)cc(Sc2nc3ccccc3[nH]2)n1. The number of nitrogens with two attached hydrogens (primary N) is 1. The van der Waals surface area contributed by atoms with E-state index in [-0.39, 0.29) is 0 Å². The molecule has 5 nitrogen and oxygen atoms in total. The second kappa shape index (κ2) is 5.10. The molecule has 1 aromatic carbocycles. The minimum atomic E-state index is 0.470. The summed E-state index contributed by atoms with van der Waals surface area (Å²) in [5.41, 5.74) is 7.71. The number of H-pyrrole nitrogens is 1. The van der Waals surface area contributed by atoms with Crippen LogP contribution in [0.15, 0.2) is 45.7 Å². The Hall–Kier alpha value is -1.73. The van der Waals surface area contributed by atoms with E-state index < -0.39 is 0 Å². The van der Waals surface area contributed by atoms with Crippen LogP contribution in [0.3, 0.4) is 0 Å². The number of aromatic amines is 1. The lowest BCUT2D eigenvalue weighted by Gasteiger charge is -2.01. The molecule has 3 N–H and O–H groups in total. The van der Waals surface area contributed by atoms with E-state index in [2.05, 4.69) is 19.9 Å². The van der Waals surface area contributed by atoms with Gasteiger partial charge in [0.05, 0.1) is 11.0 Å². The number of nitrogens with zero attached hydrogens (tertiary/aromatic N) is 3. The summed E-state index contributed by atoms with van der Waals surface area (Å²) in [6.45, 7) is 0. The number of thioether (sulfide) groups is 1. The third kappa shape index (κ3) is 2.66. The van der Waals surface area contributed by atoms with Crippen LogP contribution in [0.5, 0.6) is 0 Å². The third-order valence-electron chi connectivity index (χ3n) is 2.45. The fourth-order valence-corrected chi connectivity index (χ4v) is 2.90. The first kappa shape index (κ1) is 12.3. The predicted molar refractivity (Wildman–Crippen MR) is 78.4 cm³/mol. The van der Waals surface area contributed by atoms with Gasteiger partial charge in [0.15, 0.2) is 10.3 Å². The summed E-state index contributed by atoms with van der Waals surface area (Å²) in [6, 6.07) is 9.65. The summed E-state index contributed by atoms with van der Waals surface area (Å²) >= 11 is 2.91. The molecule has 0 aliphatic heterocycles. The van der Waals surface area contributed by atoms with Gasteiger partial charge in [-0.25, -0.2) is 15.0 Å². The molecule has 7 heteroatoms. The van der Waals surface area contributed by atoms with Crippen molar-refractivity contribution in [3.8, 4) is 0 Å². The number of nitrogen functional groups attached to an aromatic ring is 1. The fourth-order valence-electron chi connectivity index (χ4n) is 1.64. The van der Waals surface area contributed by atoms with Crippen molar-refractivity contribution in [1.82, 2.24) is 19.9 Å². The summed E-state index contributed by atoms with van der Waals surface area (Å²) < 4.78 is 0. The number of aromatic nitrogens is 4. The van der Waals surface area contributed by atoms with Crippen LogP contribution in [-0.2, 0) is 0 Å². The maximum Gasteiger partial charge on any atom is 0.190 e. The van der Waals surface area contributed by atoms with Gasteiger partial charge in [-0.1, -0.05) is 23.9 Å². The second-order valence-corrected chi connectivity index (χ2v) is 5.56. The van der Waals surface area contributed by atoms with Crippen molar-refractivity contribution in [2.45, 2.75) is 15.3 Å². The van der Waals surface area contributed by atoms with Crippen molar-refractivity contribution in [3.05, 3.63) is 30.3 Å². The molecule has 0 fully saturated rings. The molecule has 0 aliphatic rings.